The SMILES string of the molecule is CC(C)c1noc(CN2CCCNCC2)n1.Cl. The lowest BCUT2D eigenvalue weighted by Gasteiger charge is -2.16. The van der Waals surface area contributed by atoms with Gasteiger partial charge in [-0.1, -0.05) is 19.0 Å². The summed E-state index contributed by atoms with van der Waals surface area (Å²) in [6, 6.07) is 0. The summed E-state index contributed by atoms with van der Waals surface area (Å²) in [6.45, 7) is 9.24. The Kier molecular flexibility index (Phi) is 5.88. The van der Waals surface area contributed by atoms with E-state index in [9.17, 15) is 0 Å². The molecule has 17 heavy (non-hydrogen) atoms. The van der Waals surface area contributed by atoms with Crippen LogP contribution in [0.15, 0.2) is 4.52 Å². The van der Waals surface area contributed by atoms with Crippen molar-refractivity contribution in [2.24, 2.45) is 0 Å². The van der Waals surface area contributed by atoms with Gasteiger partial charge in [-0.05, 0) is 19.5 Å². The molecule has 2 heterocycles. The average Bonchev–Trinajstić information content (AvgIpc) is 2.56. The Balaban J connectivity index is 0.00000144. The molecule has 0 amide bonds. The maximum Gasteiger partial charge on any atom is 0.240 e. The zero-order valence-corrected chi connectivity index (χ0v) is 11.3. The van der Waals surface area contributed by atoms with E-state index in [1.54, 1.807) is 0 Å². The van der Waals surface area contributed by atoms with Crippen molar-refractivity contribution in [3.63, 3.8) is 0 Å². The maximum atomic E-state index is 5.25. The van der Waals surface area contributed by atoms with E-state index in [1.165, 1.54) is 6.42 Å². The van der Waals surface area contributed by atoms with E-state index < -0.39 is 0 Å². The fourth-order valence-corrected chi connectivity index (χ4v) is 1.82. The monoisotopic (exact) mass is 260 g/mol. The molecule has 1 fully saturated rings. The van der Waals surface area contributed by atoms with Crippen molar-refractivity contribution in [2.45, 2.75) is 32.7 Å². The lowest BCUT2D eigenvalue weighted by molar-refractivity contribution is 0.238. The summed E-state index contributed by atoms with van der Waals surface area (Å²) in [5.41, 5.74) is 0. The van der Waals surface area contributed by atoms with Gasteiger partial charge in [0.1, 0.15) is 0 Å². The van der Waals surface area contributed by atoms with Gasteiger partial charge in [-0.3, -0.25) is 4.90 Å². The van der Waals surface area contributed by atoms with E-state index in [-0.39, 0.29) is 12.4 Å². The van der Waals surface area contributed by atoms with Crippen LogP contribution in [-0.4, -0.2) is 41.2 Å². The summed E-state index contributed by atoms with van der Waals surface area (Å²) in [5.74, 6) is 1.89. The molecule has 0 saturated carbocycles. The summed E-state index contributed by atoms with van der Waals surface area (Å²) in [7, 11) is 0. The zero-order valence-electron chi connectivity index (χ0n) is 10.5. The number of hydrogen-bond acceptors (Lipinski definition) is 5. The van der Waals surface area contributed by atoms with Crippen LogP contribution in [0.3, 0.4) is 0 Å². The van der Waals surface area contributed by atoms with Gasteiger partial charge >= 0.3 is 0 Å². The fraction of sp³-hybridized carbons (Fsp3) is 0.818. The predicted molar refractivity (Wildman–Crippen MR) is 68.4 cm³/mol. The second-order valence-corrected chi connectivity index (χ2v) is 4.58. The van der Waals surface area contributed by atoms with Crippen molar-refractivity contribution < 1.29 is 4.52 Å². The molecule has 1 saturated heterocycles. The third-order valence-electron chi connectivity index (χ3n) is 2.79. The smallest absolute Gasteiger partial charge is 0.240 e. The van der Waals surface area contributed by atoms with Crippen molar-refractivity contribution in [3.05, 3.63) is 11.7 Å². The molecule has 0 aromatic carbocycles. The number of rotatable bonds is 3. The first-order valence-electron chi connectivity index (χ1n) is 6.01. The molecule has 5 nitrogen and oxygen atoms in total. The first kappa shape index (κ1) is 14.4. The van der Waals surface area contributed by atoms with Gasteiger partial charge < -0.3 is 9.84 Å². The Morgan fingerprint density at radius 1 is 1.35 bits per heavy atom. The van der Waals surface area contributed by atoms with Crippen molar-refractivity contribution in [1.82, 2.24) is 20.4 Å². The van der Waals surface area contributed by atoms with Gasteiger partial charge in [-0.15, -0.1) is 12.4 Å². The summed E-state index contributed by atoms with van der Waals surface area (Å²) in [4.78, 5) is 6.75. The number of hydrogen-bond donors (Lipinski definition) is 1. The van der Waals surface area contributed by atoms with E-state index in [0.29, 0.717) is 5.92 Å². The topological polar surface area (TPSA) is 54.2 Å². The lowest BCUT2D eigenvalue weighted by Crippen LogP contribution is -2.27. The molecule has 0 radical (unpaired) electrons. The molecule has 1 N–H and O–H groups in total. The Hall–Kier alpha value is -0.650. The zero-order chi connectivity index (χ0) is 11.4. The standard InChI is InChI=1S/C11H20N4O.ClH/c1-9(2)11-13-10(16-14-11)8-15-6-3-4-12-5-7-15;/h9,12H,3-8H2,1-2H3;1H. The molecule has 0 bridgehead atoms. The molecule has 0 aliphatic carbocycles. The number of nitrogens with one attached hydrogen (secondary N) is 1. The van der Waals surface area contributed by atoms with Gasteiger partial charge in [0.25, 0.3) is 0 Å². The van der Waals surface area contributed by atoms with Gasteiger partial charge in [0.2, 0.25) is 5.89 Å². The van der Waals surface area contributed by atoms with E-state index in [2.05, 4.69) is 34.2 Å². The molecule has 0 atom stereocenters. The number of aromatic nitrogens is 2. The Bertz CT molecular complexity index is 321. The number of halogens is 1. The quantitative estimate of drug-likeness (QED) is 0.891. The number of nitrogens with zero attached hydrogens (tertiary/aromatic N) is 3. The third kappa shape index (κ3) is 4.26. The minimum absolute atomic E-state index is 0. The van der Waals surface area contributed by atoms with E-state index in [4.69, 9.17) is 4.52 Å². The van der Waals surface area contributed by atoms with Crippen LogP contribution in [0, 0.1) is 0 Å². The molecule has 1 aromatic heterocycles. The summed E-state index contributed by atoms with van der Waals surface area (Å²) >= 11 is 0. The second kappa shape index (κ2) is 6.93. The molecule has 2 rings (SSSR count). The summed E-state index contributed by atoms with van der Waals surface area (Å²) in [6.07, 6.45) is 1.19. The highest BCUT2D eigenvalue weighted by molar-refractivity contribution is 5.85. The first-order valence-corrected chi connectivity index (χ1v) is 6.01. The van der Waals surface area contributed by atoms with E-state index >= 15 is 0 Å². The van der Waals surface area contributed by atoms with Crippen molar-refractivity contribution in [2.75, 3.05) is 26.2 Å². The van der Waals surface area contributed by atoms with Gasteiger partial charge in [0, 0.05) is 19.0 Å². The molecule has 1 aliphatic heterocycles. The largest absolute Gasteiger partial charge is 0.338 e. The fourth-order valence-electron chi connectivity index (χ4n) is 1.82. The highest BCUT2D eigenvalue weighted by Crippen LogP contribution is 2.11. The van der Waals surface area contributed by atoms with Crippen molar-refractivity contribution in [3.8, 4) is 0 Å². The van der Waals surface area contributed by atoms with Gasteiger partial charge in [0.05, 0.1) is 6.54 Å². The van der Waals surface area contributed by atoms with Crippen LogP contribution >= 0.6 is 12.4 Å². The minimum Gasteiger partial charge on any atom is -0.338 e. The van der Waals surface area contributed by atoms with Crippen LogP contribution in [-0.2, 0) is 6.54 Å². The van der Waals surface area contributed by atoms with Crippen LogP contribution in [0.2, 0.25) is 0 Å². The predicted octanol–water partition coefficient (Wildman–Crippen LogP) is 1.41. The molecule has 6 heteroatoms. The van der Waals surface area contributed by atoms with Crippen molar-refractivity contribution >= 4 is 12.4 Å². The Morgan fingerprint density at radius 2 is 2.18 bits per heavy atom. The van der Waals surface area contributed by atoms with Crippen LogP contribution in [0.1, 0.15) is 37.9 Å². The Morgan fingerprint density at radius 3 is 2.88 bits per heavy atom. The molecule has 0 unspecified atom stereocenters. The maximum absolute atomic E-state index is 5.25. The highest BCUT2D eigenvalue weighted by Gasteiger charge is 2.14. The summed E-state index contributed by atoms with van der Waals surface area (Å²) < 4.78 is 5.25. The van der Waals surface area contributed by atoms with Gasteiger partial charge in [0.15, 0.2) is 5.82 Å². The molecule has 0 spiro atoms. The summed E-state index contributed by atoms with van der Waals surface area (Å²) in [5, 5.41) is 7.35. The van der Waals surface area contributed by atoms with E-state index in [1.807, 2.05) is 0 Å². The van der Waals surface area contributed by atoms with E-state index in [0.717, 1.165) is 44.4 Å². The Labute approximate surface area is 108 Å². The normalized spacial score (nSPS) is 17.8. The molecule has 1 aliphatic rings. The minimum atomic E-state index is 0. The van der Waals surface area contributed by atoms with Gasteiger partial charge in [-0.2, -0.15) is 4.98 Å². The average molecular weight is 261 g/mol. The second-order valence-electron chi connectivity index (χ2n) is 4.58. The first-order chi connectivity index (χ1) is 7.75. The van der Waals surface area contributed by atoms with Gasteiger partial charge in [-0.25, -0.2) is 0 Å². The molecule has 98 valence electrons. The van der Waals surface area contributed by atoms with Crippen molar-refractivity contribution in [1.29, 1.82) is 0 Å². The molecular weight excluding hydrogens is 240 g/mol. The lowest BCUT2D eigenvalue weighted by atomic mass is 10.2. The van der Waals surface area contributed by atoms with Crippen LogP contribution in [0.5, 0.6) is 0 Å². The molecular formula is C11H21ClN4O. The third-order valence-corrected chi connectivity index (χ3v) is 2.79. The van der Waals surface area contributed by atoms with Crippen LogP contribution in [0.25, 0.3) is 0 Å². The highest BCUT2D eigenvalue weighted by atomic mass is 35.5. The van der Waals surface area contributed by atoms with Crippen LogP contribution < -0.4 is 5.32 Å². The van der Waals surface area contributed by atoms with Crippen LogP contribution in [0.4, 0.5) is 0 Å². The molecule has 1 aromatic rings.